The number of piperidine rings is 2. The Hall–Kier alpha value is -6.18. The largest absolute Gasteiger partial charge is 0.453 e. The predicted octanol–water partition coefficient (Wildman–Crippen LogP) is 7.37. The fourth-order valence-corrected chi connectivity index (χ4v) is 9.51. The van der Waals surface area contributed by atoms with Crippen LogP contribution in [0, 0.1) is 23.7 Å². The predicted molar refractivity (Wildman–Crippen MR) is 225 cm³/mol. The van der Waals surface area contributed by atoms with Crippen molar-refractivity contribution < 1.29 is 28.7 Å². The average molecular weight is 813 g/mol. The number of aromatic nitrogens is 4. The first kappa shape index (κ1) is 39.3. The van der Waals surface area contributed by atoms with E-state index in [-0.39, 0.29) is 47.8 Å². The summed E-state index contributed by atoms with van der Waals surface area (Å²) >= 11 is 0. The number of likely N-dealkylation sites (tertiary alicyclic amines) is 2. The molecule has 0 unspecified atom stereocenters. The molecule has 2 aromatic heterocycles. The molecule has 9 rings (SSSR count). The number of rotatable bonds is 11. The van der Waals surface area contributed by atoms with E-state index in [2.05, 4.69) is 69.1 Å². The van der Waals surface area contributed by atoms with Crippen LogP contribution >= 0.6 is 0 Å². The van der Waals surface area contributed by atoms with Crippen LogP contribution in [0.4, 0.5) is 9.59 Å². The van der Waals surface area contributed by atoms with Gasteiger partial charge in [-0.2, -0.15) is 0 Å². The number of benzene rings is 3. The number of carbonyl (C=O) groups is 4. The highest BCUT2D eigenvalue weighted by Gasteiger charge is 2.57. The van der Waals surface area contributed by atoms with E-state index in [9.17, 15) is 19.2 Å². The third kappa shape index (κ3) is 7.26. The van der Waals surface area contributed by atoms with Gasteiger partial charge in [0.25, 0.3) is 0 Å². The highest BCUT2D eigenvalue weighted by atomic mass is 16.5. The summed E-state index contributed by atoms with van der Waals surface area (Å²) in [6.07, 6.45) is 6.15. The molecule has 2 saturated carbocycles. The van der Waals surface area contributed by atoms with Gasteiger partial charge in [0.05, 0.1) is 43.9 Å². The summed E-state index contributed by atoms with van der Waals surface area (Å²) in [5, 5.41) is 7.67. The molecule has 312 valence electrons. The molecule has 4 aliphatic rings. The van der Waals surface area contributed by atoms with Gasteiger partial charge < -0.3 is 39.9 Å². The number of nitrogens with one attached hydrogen (secondary N) is 4. The number of hydrogen-bond acceptors (Lipinski definition) is 8. The van der Waals surface area contributed by atoms with Crippen molar-refractivity contribution in [3.05, 3.63) is 84.7 Å². The van der Waals surface area contributed by atoms with E-state index < -0.39 is 24.3 Å². The molecule has 4 heterocycles. The summed E-state index contributed by atoms with van der Waals surface area (Å²) in [5.41, 5.74) is 5.78. The molecule has 14 heteroatoms. The molecular formula is C46H52N8O6. The smallest absolute Gasteiger partial charge is 0.407 e. The lowest BCUT2D eigenvalue weighted by Crippen LogP contribution is -2.52. The summed E-state index contributed by atoms with van der Waals surface area (Å²) < 4.78 is 9.62. The Morgan fingerprint density at radius 1 is 0.683 bits per heavy atom. The molecule has 14 nitrogen and oxygen atoms in total. The van der Waals surface area contributed by atoms with Crippen molar-refractivity contribution in [3.8, 4) is 33.6 Å². The Balaban J connectivity index is 0.907. The number of H-pyrrole nitrogens is 2. The number of carbonyl (C=O) groups excluding carboxylic acids is 4. The highest BCUT2D eigenvalue weighted by Crippen LogP contribution is 2.54. The molecule has 0 bridgehead atoms. The summed E-state index contributed by atoms with van der Waals surface area (Å²) in [7, 11) is 2.61. The lowest BCUT2D eigenvalue weighted by molar-refractivity contribution is -0.137. The zero-order valence-corrected chi connectivity index (χ0v) is 34.8. The van der Waals surface area contributed by atoms with Crippen LogP contribution in [-0.4, -0.2) is 92.1 Å². The Morgan fingerprint density at radius 3 is 1.80 bits per heavy atom. The number of methoxy groups -OCH3 is 2. The van der Waals surface area contributed by atoms with Gasteiger partial charge in [-0.05, 0) is 89.5 Å². The quantitative estimate of drug-likeness (QED) is 0.107. The van der Waals surface area contributed by atoms with E-state index in [1.807, 2.05) is 62.0 Å². The number of imidazole rings is 2. The van der Waals surface area contributed by atoms with Gasteiger partial charge in [-0.15, -0.1) is 0 Å². The van der Waals surface area contributed by atoms with E-state index in [1.54, 1.807) is 0 Å². The standard InChI is InChI=1S/C46H52N8O6/c1-23(2)39(51-45(57)59-5)43(55)53-35-17-31(35)19-37(53)41-47-21-33(49-41)29-9-7-8-25(15-29)26-10-11-28-16-30(13-12-27(28)14-26)34-22-48-42(50-34)38-20-32-18-36(32)54(38)44(56)40(24(3)4)52-46(58)60-6/h7-16,21-24,31-32,35-40H,17-20H2,1-6H3,(H,47,49)(H,48,50)(H,51,57)(H,52,58)/t31-,32-,35-,36-,37+,38+,39+,40+/m1/s1. The second-order valence-corrected chi connectivity index (χ2v) is 17.5. The van der Waals surface area contributed by atoms with Gasteiger partial charge in [-0.25, -0.2) is 19.6 Å². The van der Waals surface area contributed by atoms with E-state index in [1.165, 1.54) is 14.2 Å². The second kappa shape index (κ2) is 15.4. The lowest BCUT2D eigenvalue weighted by atomic mass is 9.98. The van der Waals surface area contributed by atoms with Gasteiger partial charge in [-0.3, -0.25) is 9.59 Å². The summed E-state index contributed by atoms with van der Waals surface area (Å²) in [6, 6.07) is 19.7. The molecule has 4 amide bonds. The normalized spacial score (nSPS) is 23.6. The minimum Gasteiger partial charge on any atom is -0.453 e. The molecular weight excluding hydrogens is 761 g/mol. The molecule has 60 heavy (non-hydrogen) atoms. The molecule has 4 N–H and O–H groups in total. The molecule has 4 fully saturated rings. The lowest BCUT2D eigenvalue weighted by Gasteiger charge is -2.31. The van der Waals surface area contributed by atoms with Crippen LogP contribution in [0.5, 0.6) is 0 Å². The zero-order valence-electron chi connectivity index (χ0n) is 34.8. The maximum Gasteiger partial charge on any atom is 0.407 e. The fourth-order valence-electron chi connectivity index (χ4n) is 9.51. The van der Waals surface area contributed by atoms with Crippen LogP contribution in [0.3, 0.4) is 0 Å². The Bertz CT molecular complexity index is 2470. The average Bonchev–Trinajstić information content (AvgIpc) is 3.83. The van der Waals surface area contributed by atoms with Gasteiger partial charge in [0, 0.05) is 29.4 Å². The molecule has 2 aliphatic heterocycles. The highest BCUT2D eigenvalue weighted by molar-refractivity contribution is 5.91. The molecule has 8 atom stereocenters. The van der Waals surface area contributed by atoms with Crippen LogP contribution in [0.25, 0.3) is 44.4 Å². The number of alkyl carbamates (subject to hydrolysis) is 2. The number of fused-ring (bicyclic) bond motifs is 3. The number of ether oxygens (including phenoxy) is 2. The van der Waals surface area contributed by atoms with Crippen molar-refractivity contribution in [3.63, 3.8) is 0 Å². The third-order valence-corrected chi connectivity index (χ3v) is 13.0. The molecule has 3 aromatic carbocycles. The van der Waals surface area contributed by atoms with Gasteiger partial charge in [0.2, 0.25) is 11.8 Å². The Labute approximate surface area is 348 Å². The second-order valence-electron chi connectivity index (χ2n) is 17.5. The van der Waals surface area contributed by atoms with E-state index >= 15 is 0 Å². The van der Waals surface area contributed by atoms with Crippen LogP contribution in [-0.2, 0) is 19.1 Å². The van der Waals surface area contributed by atoms with Crippen molar-refractivity contribution in [2.24, 2.45) is 23.7 Å². The summed E-state index contributed by atoms with van der Waals surface area (Å²) in [4.78, 5) is 72.4. The van der Waals surface area contributed by atoms with Crippen LogP contribution in [0.2, 0.25) is 0 Å². The van der Waals surface area contributed by atoms with Gasteiger partial charge in [0.15, 0.2) is 0 Å². The molecule has 2 aliphatic carbocycles. The van der Waals surface area contributed by atoms with Crippen LogP contribution in [0.1, 0.15) is 77.1 Å². The van der Waals surface area contributed by atoms with E-state index in [0.717, 1.165) is 81.7 Å². The van der Waals surface area contributed by atoms with Crippen LogP contribution < -0.4 is 10.6 Å². The minimum absolute atomic E-state index is 0.0999. The number of nitrogens with zero attached hydrogens (tertiary/aromatic N) is 4. The first-order valence-electron chi connectivity index (χ1n) is 21.0. The molecule has 0 spiro atoms. The van der Waals surface area contributed by atoms with Gasteiger partial charge in [-0.1, -0.05) is 70.2 Å². The van der Waals surface area contributed by atoms with E-state index in [0.29, 0.717) is 11.8 Å². The SMILES string of the molecule is COC(=O)N[C@H](C(=O)N1[C@@H]2C[C@@H]2C[C@H]1c1nc(-c2cccc(-c3ccc4cc(-c5cnc([C@@H]6C[C@H]7C[C@H]7N6C(=O)[C@@H](NC(=O)OC)C(C)C)[nH]5)ccc4c3)c2)c[nH]1)C(C)C. The molecule has 0 radical (unpaired) electrons. The maximum absolute atomic E-state index is 13.9. The molecule has 2 saturated heterocycles. The number of hydrogen-bond donors (Lipinski definition) is 4. The van der Waals surface area contributed by atoms with Gasteiger partial charge >= 0.3 is 12.2 Å². The van der Waals surface area contributed by atoms with Crippen molar-refractivity contribution >= 4 is 34.8 Å². The molecule has 5 aromatic rings. The van der Waals surface area contributed by atoms with Crippen molar-refractivity contribution in [1.29, 1.82) is 0 Å². The van der Waals surface area contributed by atoms with Crippen molar-refractivity contribution in [2.45, 2.75) is 89.6 Å². The van der Waals surface area contributed by atoms with Crippen molar-refractivity contribution in [2.75, 3.05) is 14.2 Å². The Kier molecular flexibility index (Phi) is 10.1. The summed E-state index contributed by atoms with van der Waals surface area (Å²) in [6.45, 7) is 7.69. The van der Waals surface area contributed by atoms with Crippen LogP contribution in [0.15, 0.2) is 73.1 Å². The van der Waals surface area contributed by atoms with E-state index in [4.69, 9.17) is 19.4 Å². The van der Waals surface area contributed by atoms with Gasteiger partial charge in [0.1, 0.15) is 23.7 Å². The fraction of sp³-hybridized carbons (Fsp3) is 0.435. The first-order chi connectivity index (χ1) is 28.9. The monoisotopic (exact) mass is 812 g/mol. The third-order valence-electron chi connectivity index (χ3n) is 13.0. The Morgan fingerprint density at radius 2 is 1.22 bits per heavy atom. The van der Waals surface area contributed by atoms with Crippen molar-refractivity contribution in [1.82, 2.24) is 40.4 Å². The zero-order chi connectivity index (χ0) is 42.0. The number of aromatic amines is 2. The summed E-state index contributed by atoms with van der Waals surface area (Å²) in [5.74, 6) is 1.98. The minimum atomic E-state index is -0.683. The first-order valence-corrected chi connectivity index (χ1v) is 21.0. The topological polar surface area (TPSA) is 175 Å². The maximum atomic E-state index is 13.9. The number of amides is 4.